The summed E-state index contributed by atoms with van der Waals surface area (Å²) in [4.78, 5) is 24.4. The van der Waals surface area contributed by atoms with Crippen LogP contribution in [0.5, 0.6) is 0 Å². The first kappa shape index (κ1) is 21.4. The molecule has 7 heteroatoms. The molecular formula is C18H28NO5P. The predicted octanol–water partition coefficient (Wildman–Crippen LogP) is 2.96. The van der Waals surface area contributed by atoms with E-state index in [-0.39, 0.29) is 12.3 Å². The van der Waals surface area contributed by atoms with E-state index in [2.05, 4.69) is 5.32 Å². The van der Waals surface area contributed by atoms with Gasteiger partial charge in [-0.1, -0.05) is 43.7 Å². The van der Waals surface area contributed by atoms with Crippen molar-refractivity contribution in [2.24, 2.45) is 0 Å². The molecule has 1 N–H and O–H groups in total. The van der Waals surface area contributed by atoms with Crippen LogP contribution in [0.1, 0.15) is 38.2 Å². The number of hydrogen-bond acceptors (Lipinski definition) is 5. The Bertz CT molecular complexity index is 550. The first-order valence-electron chi connectivity index (χ1n) is 8.63. The molecule has 1 aromatic carbocycles. The lowest BCUT2D eigenvalue weighted by atomic mass is 10.1. The number of esters is 1. The van der Waals surface area contributed by atoms with Crippen LogP contribution in [-0.4, -0.2) is 37.8 Å². The number of carbonyl (C=O) groups is 2. The van der Waals surface area contributed by atoms with Crippen LogP contribution < -0.4 is 5.32 Å². The maximum atomic E-state index is 12.2. The zero-order valence-electron chi connectivity index (χ0n) is 15.0. The molecule has 0 saturated heterocycles. The smallest absolute Gasteiger partial charge is 0.328 e. The molecule has 1 amide bonds. The number of hydrogen-bond donors (Lipinski definition) is 1. The van der Waals surface area contributed by atoms with Gasteiger partial charge in [-0.05, 0) is 24.8 Å². The van der Waals surface area contributed by atoms with Gasteiger partial charge in [0.05, 0.1) is 13.0 Å². The zero-order valence-corrected chi connectivity index (χ0v) is 16.0. The van der Waals surface area contributed by atoms with Crippen molar-refractivity contribution in [3.63, 3.8) is 0 Å². The van der Waals surface area contributed by atoms with Gasteiger partial charge in [0.2, 0.25) is 5.91 Å². The normalized spacial score (nSPS) is 13.0. The van der Waals surface area contributed by atoms with Crippen LogP contribution in [0.2, 0.25) is 0 Å². The monoisotopic (exact) mass is 369 g/mol. The summed E-state index contributed by atoms with van der Waals surface area (Å²) in [7, 11) is -0.659. The summed E-state index contributed by atoms with van der Waals surface area (Å²) in [6.07, 6.45) is 3.20. The molecule has 2 atom stereocenters. The molecule has 25 heavy (non-hydrogen) atoms. The van der Waals surface area contributed by atoms with Crippen molar-refractivity contribution in [2.75, 3.05) is 19.9 Å². The van der Waals surface area contributed by atoms with Crippen LogP contribution in [0.3, 0.4) is 0 Å². The van der Waals surface area contributed by atoms with Crippen molar-refractivity contribution in [1.29, 1.82) is 0 Å². The van der Waals surface area contributed by atoms with E-state index in [1.54, 1.807) is 0 Å². The Morgan fingerprint density at radius 2 is 1.92 bits per heavy atom. The first-order valence-corrected chi connectivity index (χ1v) is 10.2. The average molecular weight is 369 g/mol. The Labute approximate surface area is 150 Å². The Balaban J connectivity index is 2.57. The van der Waals surface area contributed by atoms with E-state index < -0.39 is 20.0 Å². The Hall–Kier alpha value is -1.65. The van der Waals surface area contributed by atoms with Gasteiger partial charge in [0.15, 0.2) is 8.03 Å². The van der Waals surface area contributed by atoms with Gasteiger partial charge in [-0.2, -0.15) is 0 Å². The lowest BCUT2D eigenvalue weighted by Gasteiger charge is -2.17. The van der Waals surface area contributed by atoms with Crippen molar-refractivity contribution in [1.82, 2.24) is 5.32 Å². The molecule has 1 rings (SSSR count). The number of nitrogens with one attached hydrogen (secondary N) is 1. The summed E-state index contributed by atoms with van der Waals surface area (Å²) >= 11 is 0. The topological polar surface area (TPSA) is 81.7 Å². The number of benzene rings is 1. The highest BCUT2D eigenvalue weighted by atomic mass is 31.1. The van der Waals surface area contributed by atoms with Crippen LogP contribution in [0.15, 0.2) is 30.3 Å². The third kappa shape index (κ3) is 9.42. The lowest BCUT2D eigenvalue weighted by Crippen LogP contribution is -2.42. The molecule has 0 aliphatic carbocycles. The molecule has 1 aromatic rings. The van der Waals surface area contributed by atoms with Crippen molar-refractivity contribution in [3.05, 3.63) is 35.9 Å². The fourth-order valence-corrected chi connectivity index (χ4v) is 2.94. The highest BCUT2D eigenvalue weighted by Gasteiger charge is 2.22. The second-order valence-corrected chi connectivity index (χ2v) is 7.42. The van der Waals surface area contributed by atoms with Gasteiger partial charge >= 0.3 is 5.97 Å². The van der Waals surface area contributed by atoms with Crippen LogP contribution in [-0.2, 0) is 29.8 Å². The third-order valence-electron chi connectivity index (χ3n) is 3.67. The van der Waals surface area contributed by atoms with E-state index in [9.17, 15) is 14.2 Å². The van der Waals surface area contributed by atoms with E-state index in [0.717, 1.165) is 18.4 Å². The van der Waals surface area contributed by atoms with Crippen molar-refractivity contribution < 1.29 is 23.4 Å². The summed E-state index contributed by atoms with van der Waals surface area (Å²) in [6.45, 7) is 2.35. The molecule has 2 unspecified atom stereocenters. The molecule has 0 aliphatic heterocycles. The van der Waals surface area contributed by atoms with Crippen LogP contribution in [0, 0.1) is 0 Å². The van der Waals surface area contributed by atoms with Crippen molar-refractivity contribution in [2.45, 2.75) is 45.1 Å². The molecule has 140 valence electrons. The van der Waals surface area contributed by atoms with E-state index >= 15 is 0 Å². The van der Waals surface area contributed by atoms with Gasteiger partial charge in [-0.15, -0.1) is 0 Å². The predicted molar refractivity (Wildman–Crippen MR) is 98.1 cm³/mol. The largest absolute Gasteiger partial charge is 0.464 e. The van der Waals surface area contributed by atoms with E-state index in [4.69, 9.17) is 9.26 Å². The second-order valence-electron chi connectivity index (χ2n) is 5.77. The van der Waals surface area contributed by atoms with E-state index in [0.29, 0.717) is 25.6 Å². The Morgan fingerprint density at radius 1 is 1.20 bits per heavy atom. The molecule has 0 radical (unpaired) electrons. The highest BCUT2D eigenvalue weighted by molar-refractivity contribution is 7.39. The van der Waals surface area contributed by atoms with Gasteiger partial charge in [-0.25, -0.2) is 4.79 Å². The SMILES string of the molecule is CCCCOC(=O)C(CCC[PH](=O)OC)NC(=O)Cc1ccccc1. The number of carbonyl (C=O) groups excluding carboxylic acids is 2. The molecule has 0 aromatic heterocycles. The highest BCUT2D eigenvalue weighted by Crippen LogP contribution is 2.22. The molecule has 0 bridgehead atoms. The fourth-order valence-electron chi connectivity index (χ4n) is 2.25. The van der Waals surface area contributed by atoms with E-state index in [1.807, 2.05) is 37.3 Å². The summed E-state index contributed by atoms with van der Waals surface area (Å²) in [5.41, 5.74) is 0.877. The van der Waals surface area contributed by atoms with E-state index in [1.165, 1.54) is 7.11 Å². The zero-order chi connectivity index (χ0) is 18.5. The van der Waals surface area contributed by atoms with Gasteiger partial charge < -0.3 is 14.6 Å². The summed E-state index contributed by atoms with van der Waals surface area (Å²) in [5, 5.41) is 2.74. The summed E-state index contributed by atoms with van der Waals surface area (Å²) in [6, 6.07) is 8.61. The van der Waals surface area contributed by atoms with Gasteiger partial charge in [0.25, 0.3) is 0 Å². The summed E-state index contributed by atoms with van der Waals surface area (Å²) in [5.74, 6) is -0.671. The first-order chi connectivity index (χ1) is 12.1. The molecular weight excluding hydrogens is 341 g/mol. The third-order valence-corrected chi connectivity index (χ3v) is 4.89. The fraction of sp³-hybridized carbons (Fsp3) is 0.556. The molecule has 0 fully saturated rings. The van der Waals surface area contributed by atoms with Crippen LogP contribution >= 0.6 is 8.03 Å². The number of amides is 1. The minimum absolute atomic E-state index is 0.203. The standard InChI is InChI=1S/C18H28NO5P/c1-3-4-12-24-18(21)16(11-8-13-25(22)23-2)19-17(20)14-15-9-6-5-7-10-15/h5-7,9-10,16,25H,3-4,8,11-14H2,1-2H3,(H,19,20). The maximum Gasteiger partial charge on any atom is 0.328 e. The maximum absolute atomic E-state index is 12.2. The van der Waals surface area contributed by atoms with Crippen molar-refractivity contribution >= 4 is 19.9 Å². The van der Waals surface area contributed by atoms with Gasteiger partial charge in [-0.3, -0.25) is 9.36 Å². The number of ether oxygens (including phenoxy) is 1. The Kier molecular flexibility index (Phi) is 10.8. The molecule has 0 aliphatic rings. The quantitative estimate of drug-likeness (QED) is 0.348. The Morgan fingerprint density at radius 3 is 2.56 bits per heavy atom. The minimum atomic E-state index is -2.06. The van der Waals surface area contributed by atoms with Crippen LogP contribution in [0.4, 0.5) is 0 Å². The van der Waals surface area contributed by atoms with Crippen molar-refractivity contribution in [3.8, 4) is 0 Å². The number of rotatable bonds is 12. The van der Waals surface area contributed by atoms with Gasteiger partial charge in [0, 0.05) is 13.3 Å². The molecule has 0 saturated carbocycles. The molecule has 0 spiro atoms. The van der Waals surface area contributed by atoms with Gasteiger partial charge in [0.1, 0.15) is 6.04 Å². The second kappa shape index (κ2) is 12.7. The molecule has 0 heterocycles. The van der Waals surface area contributed by atoms with Crippen LogP contribution in [0.25, 0.3) is 0 Å². The average Bonchev–Trinajstić information content (AvgIpc) is 2.61. The molecule has 6 nitrogen and oxygen atoms in total. The number of unbranched alkanes of at least 4 members (excludes halogenated alkanes) is 1. The summed E-state index contributed by atoms with van der Waals surface area (Å²) < 4.78 is 21.4. The lowest BCUT2D eigenvalue weighted by molar-refractivity contribution is -0.148. The minimum Gasteiger partial charge on any atom is -0.464 e.